The van der Waals surface area contributed by atoms with Crippen LogP contribution in [0, 0.1) is 0 Å². The van der Waals surface area contributed by atoms with Crippen molar-refractivity contribution in [1.29, 1.82) is 0 Å². The SMILES string of the molecule is COC(CCCCOCCOCCOCCOc1ccc(-c2ccc3c4cnccc4n(C)c3c2)cn1)C(F)(F)F. The number of aromatic nitrogens is 3. The van der Waals surface area contributed by atoms with Crippen LogP contribution in [0.1, 0.15) is 19.3 Å². The lowest BCUT2D eigenvalue weighted by molar-refractivity contribution is -0.214. The van der Waals surface area contributed by atoms with Gasteiger partial charge >= 0.3 is 6.18 Å². The predicted molar refractivity (Wildman–Crippen MR) is 150 cm³/mol. The highest BCUT2D eigenvalue weighted by Gasteiger charge is 2.39. The standard InChI is InChI=1S/C30H36F3N3O5/c1-36-26-10-11-34-21-25(26)24-8-6-22(19-27(24)36)23-7-9-29(35-20-23)41-18-17-40-16-15-39-14-13-38-12-4-3-5-28(37-2)30(31,32)33/h6-11,19-21,28H,3-5,12-18H2,1-2H3. The van der Waals surface area contributed by atoms with Gasteiger partial charge in [0.25, 0.3) is 0 Å². The highest BCUT2D eigenvalue weighted by Crippen LogP contribution is 2.31. The molecule has 0 saturated carbocycles. The number of fused-ring (bicyclic) bond motifs is 3. The molecule has 11 heteroatoms. The molecule has 1 atom stereocenters. The van der Waals surface area contributed by atoms with E-state index < -0.39 is 12.3 Å². The summed E-state index contributed by atoms with van der Waals surface area (Å²) in [6.45, 7) is 2.75. The molecule has 0 bridgehead atoms. The van der Waals surface area contributed by atoms with Crippen LogP contribution in [0.25, 0.3) is 32.9 Å². The fourth-order valence-corrected chi connectivity index (χ4v) is 4.57. The molecular weight excluding hydrogens is 539 g/mol. The lowest BCUT2D eigenvalue weighted by Gasteiger charge is -2.18. The van der Waals surface area contributed by atoms with E-state index in [1.807, 2.05) is 24.4 Å². The number of pyridine rings is 2. The third kappa shape index (κ3) is 8.62. The fraction of sp³-hybridized carbons (Fsp3) is 0.467. The normalized spacial score (nSPS) is 12.8. The Morgan fingerprint density at radius 3 is 2.17 bits per heavy atom. The largest absolute Gasteiger partial charge is 0.475 e. The van der Waals surface area contributed by atoms with Crippen LogP contribution >= 0.6 is 0 Å². The van der Waals surface area contributed by atoms with E-state index in [1.54, 1.807) is 12.4 Å². The van der Waals surface area contributed by atoms with Crippen molar-refractivity contribution in [3.63, 3.8) is 0 Å². The minimum absolute atomic E-state index is 0.0657. The van der Waals surface area contributed by atoms with E-state index in [2.05, 4.69) is 44.5 Å². The zero-order valence-corrected chi connectivity index (χ0v) is 23.4. The molecule has 1 unspecified atom stereocenters. The number of aryl methyl sites for hydroxylation is 1. The Morgan fingerprint density at radius 2 is 1.49 bits per heavy atom. The number of benzene rings is 1. The quantitative estimate of drug-likeness (QED) is 0.144. The molecule has 0 radical (unpaired) electrons. The van der Waals surface area contributed by atoms with Crippen LogP contribution in [0.15, 0.2) is 55.0 Å². The minimum atomic E-state index is -4.33. The fourth-order valence-electron chi connectivity index (χ4n) is 4.57. The molecule has 0 aliphatic carbocycles. The molecule has 3 heterocycles. The van der Waals surface area contributed by atoms with Crippen molar-refractivity contribution in [3.05, 3.63) is 55.0 Å². The first kappa shape index (κ1) is 30.7. The van der Waals surface area contributed by atoms with Gasteiger partial charge in [0, 0.05) is 67.3 Å². The zero-order valence-electron chi connectivity index (χ0n) is 23.4. The van der Waals surface area contributed by atoms with Gasteiger partial charge in [0.2, 0.25) is 5.88 Å². The predicted octanol–water partition coefficient (Wildman–Crippen LogP) is 5.96. The molecule has 0 spiro atoms. The van der Waals surface area contributed by atoms with Crippen molar-refractivity contribution >= 4 is 21.8 Å². The van der Waals surface area contributed by atoms with Gasteiger partial charge in [-0.1, -0.05) is 12.1 Å². The van der Waals surface area contributed by atoms with Gasteiger partial charge in [0.1, 0.15) is 6.61 Å². The summed E-state index contributed by atoms with van der Waals surface area (Å²) in [6.07, 6.45) is 0.324. The van der Waals surface area contributed by atoms with Crippen LogP contribution in [-0.4, -0.2) is 80.2 Å². The lowest BCUT2D eigenvalue weighted by atomic mass is 10.1. The van der Waals surface area contributed by atoms with Gasteiger partial charge < -0.3 is 28.3 Å². The van der Waals surface area contributed by atoms with Crippen molar-refractivity contribution < 1.29 is 36.9 Å². The molecule has 0 N–H and O–H groups in total. The van der Waals surface area contributed by atoms with Gasteiger partial charge in [-0.3, -0.25) is 4.98 Å². The number of nitrogens with zero attached hydrogens (tertiary/aromatic N) is 3. The first-order valence-electron chi connectivity index (χ1n) is 13.6. The van der Waals surface area contributed by atoms with E-state index in [-0.39, 0.29) is 6.42 Å². The molecule has 4 rings (SSSR count). The van der Waals surface area contributed by atoms with Crippen molar-refractivity contribution in [1.82, 2.24) is 14.5 Å². The number of rotatable bonds is 17. The van der Waals surface area contributed by atoms with Crippen molar-refractivity contribution in [2.75, 3.05) is 53.4 Å². The molecular formula is C30H36F3N3O5. The monoisotopic (exact) mass is 575 g/mol. The molecule has 41 heavy (non-hydrogen) atoms. The van der Waals surface area contributed by atoms with E-state index in [0.29, 0.717) is 65.0 Å². The first-order chi connectivity index (χ1) is 19.9. The summed E-state index contributed by atoms with van der Waals surface area (Å²) in [6, 6.07) is 12.2. The average Bonchev–Trinajstić information content (AvgIpc) is 3.26. The highest BCUT2D eigenvalue weighted by atomic mass is 19.4. The molecule has 8 nitrogen and oxygen atoms in total. The van der Waals surface area contributed by atoms with Crippen LogP contribution < -0.4 is 4.74 Å². The van der Waals surface area contributed by atoms with E-state index >= 15 is 0 Å². The van der Waals surface area contributed by atoms with Gasteiger partial charge in [0.05, 0.1) is 38.6 Å². The van der Waals surface area contributed by atoms with Crippen molar-refractivity contribution in [2.45, 2.75) is 31.5 Å². The second-order valence-electron chi connectivity index (χ2n) is 9.52. The number of alkyl halides is 3. The number of hydrogen-bond donors (Lipinski definition) is 0. The summed E-state index contributed by atoms with van der Waals surface area (Å²) < 4.78 is 66.4. The summed E-state index contributed by atoms with van der Waals surface area (Å²) in [4.78, 5) is 8.69. The Balaban J connectivity index is 1.05. The maximum atomic E-state index is 12.6. The number of ether oxygens (including phenoxy) is 5. The second-order valence-corrected chi connectivity index (χ2v) is 9.52. The summed E-state index contributed by atoms with van der Waals surface area (Å²) >= 11 is 0. The van der Waals surface area contributed by atoms with Crippen molar-refractivity contribution in [3.8, 4) is 17.0 Å². The Morgan fingerprint density at radius 1 is 0.780 bits per heavy atom. The smallest absolute Gasteiger partial charge is 0.414 e. The van der Waals surface area contributed by atoms with Crippen LogP contribution in [0.2, 0.25) is 0 Å². The van der Waals surface area contributed by atoms with E-state index in [4.69, 9.17) is 18.9 Å². The molecule has 0 amide bonds. The topological polar surface area (TPSA) is 76.9 Å². The van der Waals surface area contributed by atoms with Gasteiger partial charge in [-0.05, 0) is 43.0 Å². The molecule has 222 valence electrons. The van der Waals surface area contributed by atoms with Gasteiger partial charge in [0.15, 0.2) is 6.10 Å². The van der Waals surface area contributed by atoms with Crippen LogP contribution in [0.4, 0.5) is 13.2 Å². The summed E-state index contributed by atoms with van der Waals surface area (Å²) in [5.41, 5.74) is 4.36. The molecule has 3 aromatic heterocycles. The summed E-state index contributed by atoms with van der Waals surface area (Å²) in [5.74, 6) is 0.527. The number of hydrogen-bond acceptors (Lipinski definition) is 7. The molecule has 0 aliphatic rings. The number of unbranched alkanes of at least 4 members (excludes halogenated alkanes) is 1. The van der Waals surface area contributed by atoms with Crippen molar-refractivity contribution in [2.24, 2.45) is 7.05 Å². The Hall–Kier alpha value is -3.25. The Bertz CT molecular complexity index is 1360. The van der Waals surface area contributed by atoms with Gasteiger partial charge in [-0.25, -0.2) is 4.98 Å². The Kier molecular flexibility index (Phi) is 11.3. The minimum Gasteiger partial charge on any atom is -0.475 e. The second kappa shape index (κ2) is 15.1. The third-order valence-electron chi connectivity index (χ3n) is 6.75. The maximum Gasteiger partial charge on any atom is 0.414 e. The zero-order chi connectivity index (χ0) is 29.1. The van der Waals surface area contributed by atoms with E-state index in [1.165, 1.54) is 5.39 Å². The Labute approximate surface area is 237 Å². The summed E-state index contributed by atoms with van der Waals surface area (Å²) in [5, 5.41) is 2.31. The van der Waals surface area contributed by atoms with E-state index in [0.717, 1.165) is 34.7 Å². The first-order valence-corrected chi connectivity index (χ1v) is 13.6. The van der Waals surface area contributed by atoms with Gasteiger partial charge in [-0.2, -0.15) is 13.2 Å². The number of halogens is 3. The van der Waals surface area contributed by atoms with Crippen LogP contribution in [0.3, 0.4) is 0 Å². The third-order valence-corrected chi connectivity index (χ3v) is 6.75. The van der Waals surface area contributed by atoms with E-state index in [9.17, 15) is 13.2 Å². The lowest BCUT2D eigenvalue weighted by Crippen LogP contribution is -2.30. The molecule has 0 aliphatic heterocycles. The molecule has 0 fully saturated rings. The molecule has 4 aromatic rings. The molecule has 1 aromatic carbocycles. The highest BCUT2D eigenvalue weighted by molar-refractivity contribution is 6.08. The van der Waals surface area contributed by atoms with Gasteiger partial charge in [-0.15, -0.1) is 0 Å². The maximum absolute atomic E-state index is 12.6. The average molecular weight is 576 g/mol. The number of methoxy groups -OCH3 is 1. The van der Waals surface area contributed by atoms with Crippen LogP contribution in [0.5, 0.6) is 5.88 Å². The molecule has 0 saturated heterocycles. The van der Waals surface area contributed by atoms with Crippen LogP contribution in [-0.2, 0) is 26.0 Å². The summed E-state index contributed by atoms with van der Waals surface area (Å²) in [7, 11) is 3.13.